The first-order valence-electron chi connectivity index (χ1n) is 11.9. The maximum atomic E-state index is 13.5. The van der Waals surface area contributed by atoms with E-state index >= 15 is 0 Å². The number of carbonyl (C=O) groups excluding carboxylic acids is 2. The summed E-state index contributed by atoms with van der Waals surface area (Å²) in [5, 5.41) is 3.18. The molecule has 2 unspecified atom stereocenters. The van der Waals surface area contributed by atoms with Gasteiger partial charge in [-0.1, -0.05) is 76.9 Å². The van der Waals surface area contributed by atoms with Gasteiger partial charge in [-0.2, -0.15) is 0 Å². The number of ether oxygens (including phenoxy) is 1. The maximum Gasteiger partial charge on any atom is 0.294 e. The van der Waals surface area contributed by atoms with Crippen LogP contribution in [-0.2, 0) is 15.0 Å². The molecule has 5 heteroatoms. The molecule has 5 nitrogen and oxygen atoms in total. The Morgan fingerprint density at radius 1 is 1.12 bits per heavy atom. The van der Waals surface area contributed by atoms with Crippen LogP contribution in [0.1, 0.15) is 64.5 Å². The highest BCUT2D eigenvalue weighted by molar-refractivity contribution is 6.12. The van der Waals surface area contributed by atoms with E-state index in [-0.39, 0.29) is 35.6 Å². The van der Waals surface area contributed by atoms with Gasteiger partial charge in [0.25, 0.3) is 5.91 Å². The van der Waals surface area contributed by atoms with Crippen molar-refractivity contribution in [2.45, 2.75) is 64.8 Å². The third kappa shape index (κ3) is 5.29. The van der Waals surface area contributed by atoms with E-state index in [1.54, 1.807) is 11.0 Å². The van der Waals surface area contributed by atoms with E-state index in [0.717, 1.165) is 30.4 Å². The van der Waals surface area contributed by atoms with E-state index in [4.69, 9.17) is 4.74 Å². The highest BCUT2D eigenvalue weighted by atomic mass is 16.5. The normalized spacial score (nSPS) is 22.0. The average molecular weight is 447 g/mol. The maximum absolute atomic E-state index is 13.5. The number of carbonyl (C=O) groups is 2. The number of nitrogens with zero attached hydrogens (tertiary/aromatic N) is 1. The third-order valence-electron chi connectivity index (χ3n) is 6.65. The molecule has 1 aliphatic carbocycles. The fraction of sp³-hybridized carbons (Fsp3) is 0.429. The highest BCUT2D eigenvalue weighted by Gasteiger charge is 2.34. The number of amides is 2. The van der Waals surface area contributed by atoms with Gasteiger partial charge < -0.3 is 10.1 Å². The summed E-state index contributed by atoms with van der Waals surface area (Å²) in [6, 6.07) is 15.7. The van der Waals surface area contributed by atoms with Gasteiger partial charge in [-0.3, -0.25) is 14.5 Å². The summed E-state index contributed by atoms with van der Waals surface area (Å²) in [4.78, 5) is 28.1. The van der Waals surface area contributed by atoms with Gasteiger partial charge in [-0.15, -0.1) is 0 Å². The first-order chi connectivity index (χ1) is 15.7. The molecular formula is C28H34N2O3. The van der Waals surface area contributed by atoms with Crippen molar-refractivity contribution in [1.29, 1.82) is 0 Å². The second-order valence-corrected chi connectivity index (χ2v) is 10.3. The van der Waals surface area contributed by atoms with E-state index in [2.05, 4.69) is 33.0 Å². The van der Waals surface area contributed by atoms with E-state index in [0.29, 0.717) is 17.4 Å². The van der Waals surface area contributed by atoms with Gasteiger partial charge in [0, 0.05) is 6.04 Å². The zero-order valence-corrected chi connectivity index (χ0v) is 20.1. The molecule has 2 amide bonds. The number of hydrogen-bond donors (Lipinski definition) is 1. The Balaban J connectivity index is 1.65. The van der Waals surface area contributed by atoms with E-state index in [1.807, 2.05) is 48.5 Å². The summed E-state index contributed by atoms with van der Waals surface area (Å²) in [7, 11) is 0. The fourth-order valence-corrected chi connectivity index (χ4v) is 4.56. The first kappa shape index (κ1) is 23.1. The second-order valence-electron chi connectivity index (χ2n) is 10.3. The van der Waals surface area contributed by atoms with Crippen molar-refractivity contribution in [2.24, 2.45) is 5.92 Å². The minimum absolute atomic E-state index is 0.0296. The largest absolute Gasteiger partial charge is 0.449 e. The summed E-state index contributed by atoms with van der Waals surface area (Å²) in [5.74, 6) is 0.829. The SMILES string of the molecule is CC1CCCCC1NC(=O)CN1C(=O)/C(=C/c2ccccc2)Oc2ccc(C(C)(C)C)cc21. The molecule has 0 saturated heterocycles. The second kappa shape index (κ2) is 9.42. The fourth-order valence-electron chi connectivity index (χ4n) is 4.56. The van der Waals surface area contributed by atoms with Gasteiger partial charge in [0.1, 0.15) is 6.54 Å². The van der Waals surface area contributed by atoms with Crippen LogP contribution >= 0.6 is 0 Å². The van der Waals surface area contributed by atoms with Gasteiger partial charge >= 0.3 is 0 Å². The van der Waals surface area contributed by atoms with Crippen molar-refractivity contribution in [2.75, 3.05) is 11.4 Å². The topological polar surface area (TPSA) is 58.6 Å². The van der Waals surface area contributed by atoms with Crippen molar-refractivity contribution in [3.8, 4) is 5.75 Å². The van der Waals surface area contributed by atoms with Crippen molar-refractivity contribution < 1.29 is 14.3 Å². The van der Waals surface area contributed by atoms with Crippen LogP contribution in [-0.4, -0.2) is 24.4 Å². The molecule has 0 aromatic heterocycles. The number of hydrogen-bond acceptors (Lipinski definition) is 3. The number of fused-ring (bicyclic) bond motifs is 1. The summed E-state index contributed by atoms with van der Waals surface area (Å²) in [6.07, 6.45) is 6.20. The molecule has 2 atom stereocenters. The van der Waals surface area contributed by atoms with Crippen LogP contribution in [0.25, 0.3) is 6.08 Å². The smallest absolute Gasteiger partial charge is 0.294 e. The van der Waals surface area contributed by atoms with Crippen LogP contribution in [0.4, 0.5) is 5.69 Å². The zero-order chi connectivity index (χ0) is 23.6. The molecule has 174 valence electrons. The molecule has 1 saturated carbocycles. The summed E-state index contributed by atoms with van der Waals surface area (Å²) in [6.45, 7) is 8.54. The Hall–Kier alpha value is -3.08. The number of nitrogens with one attached hydrogen (secondary N) is 1. The van der Waals surface area contributed by atoms with Crippen molar-refractivity contribution in [3.63, 3.8) is 0 Å². The molecule has 1 aliphatic heterocycles. The van der Waals surface area contributed by atoms with Crippen LogP contribution < -0.4 is 15.0 Å². The van der Waals surface area contributed by atoms with Crippen LogP contribution in [0.5, 0.6) is 5.75 Å². The van der Waals surface area contributed by atoms with E-state index in [9.17, 15) is 9.59 Å². The summed E-state index contributed by atoms with van der Waals surface area (Å²) in [5.41, 5.74) is 2.50. The van der Waals surface area contributed by atoms with Gasteiger partial charge in [-0.25, -0.2) is 0 Å². The monoisotopic (exact) mass is 446 g/mol. The van der Waals surface area contributed by atoms with Gasteiger partial charge in [0.2, 0.25) is 5.91 Å². The number of benzene rings is 2. The minimum Gasteiger partial charge on any atom is -0.449 e. The van der Waals surface area contributed by atoms with E-state index < -0.39 is 0 Å². The molecule has 0 bridgehead atoms. The average Bonchev–Trinajstić information content (AvgIpc) is 2.78. The lowest BCUT2D eigenvalue weighted by Crippen LogP contribution is -2.48. The van der Waals surface area contributed by atoms with Crippen LogP contribution in [0.3, 0.4) is 0 Å². The highest BCUT2D eigenvalue weighted by Crippen LogP contribution is 2.39. The number of anilines is 1. The zero-order valence-electron chi connectivity index (χ0n) is 20.1. The molecule has 2 aromatic carbocycles. The quantitative estimate of drug-likeness (QED) is 0.636. The van der Waals surface area contributed by atoms with Crippen molar-refractivity contribution in [3.05, 3.63) is 65.4 Å². The predicted octanol–water partition coefficient (Wildman–Crippen LogP) is 5.45. The van der Waals surface area contributed by atoms with Crippen LogP contribution in [0.2, 0.25) is 0 Å². The molecule has 1 N–H and O–H groups in total. The third-order valence-corrected chi connectivity index (χ3v) is 6.65. The Bertz CT molecular complexity index is 1050. The molecule has 1 heterocycles. The summed E-state index contributed by atoms with van der Waals surface area (Å²) < 4.78 is 6.03. The minimum atomic E-state index is -0.302. The van der Waals surface area contributed by atoms with Crippen molar-refractivity contribution >= 4 is 23.6 Å². The van der Waals surface area contributed by atoms with Crippen LogP contribution in [0, 0.1) is 5.92 Å². The van der Waals surface area contributed by atoms with Gasteiger partial charge in [0.05, 0.1) is 5.69 Å². The first-order valence-corrected chi connectivity index (χ1v) is 11.9. The Morgan fingerprint density at radius 2 is 1.85 bits per heavy atom. The summed E-state index contributed by atoms with van der Waals surface area (Å²) >= 11 is 0. The van der Waals surface area contributed by atoms with Gasteiger partial charge in [0.15, 0.2) is 11.5 Å². The molecular weight excluding hydrogens is 412 g/mol. The van der Waals surface area contributed by atoms with Crippen LogP contribution in [0.15, 0.2) is 54.3 Å². The molecule has 2 aromatic rings. The molecule has 0 radical (unpaired) electrons. The molecule has 1 fully saturated rings. The lowest BCUT2D eigenvalue weighted by molar-refractivity contribution is -0.124. The standard InChI is InChI=1S/C28H34N2O3/c1-19-10-8-9-13-22(19)29-26(31)18-30-23-17-21(28(2,3)4)14-15-24(23)33-25(27(30)32)16-20-11-6-5-7-12-20/h5-7,11-12,14-17,19,22H,8-10,13,18H2,1-4H3,(H,29,31)/b25-16-. The molecule has 0 spiro atoms. The Kier molecular flexibility index (Phi) is 6.59. The van der Waals surface area contributed by atoms with Gasteiger partial charge in [-0.05, 0) is 53.5 Å². The predicted molar refractivity (Wildman–Crippen MR) is 132 cm³/mol. The number of rotatable bonds is 4. The van der Waals surface area contributed by atoms with Crippen molar-refractivity contribution in [1.82, 2.24) is 5.32 Å². The lowest BCUT2D eigenvalue weighted by Gasteiger charge is -2.33. The van der Waals surface area contributed by atoms with E-state index in [1.165, 1.54) is 6.42 Å². The molecule has 2 aliphatic rings. The lowest BCUT2D eigenvalue weighted by atomic mass is 9.86. The molecule has 33 heavy (non-hydrogen) atoms. The Morgan fingerprint density at radius 3 is 2.55 bits per heavy atom. The Labute approximate surface area is 196 Å². The molecule has 4 rings (SSSR count).